The van der Waals surface area contributed by atoms with Crippen molar-refractivity contribution in [2.24, 2.45) is 11.8 Å². The lowest BCUT2D eigenvalue weighted by Gasteiger charge is -2.34. The Morgan fingerprint density at radius 1 is 1.45 bits per heavy atom. The van der Waals surface area contributed by atoms with Crippen LogP contribution in [0, 0.1) is 11.8 Å². The van der Waals surface area contributed by atoms with Gasteiger partial charge in [-0.15, -0.1) is 11.3 Å². The maximum Gasteiger partial charge on any atom is 0.255 e. The Balaban J connectivity index is 1.53. The molecule has 0 bridgehead atoms. The highest BCUT2D eigenvalue weighted by molar-refractivity contribution is 7.13. The van der Waals surface area contributed by atoms with Crippen molar-refractivity contribution in [2.45, 2.75) is 45.8 Å². The molecule has 6 heteroatoms. The van der Waals surface area contributed by atoms with E-state index in [-0.39, 0.29) is 12.0 Å². The van der Waals surface area contributed by atoms with Crippen molar-refractivity contribution in [2.75, 3.05) is 25.0 Å². The highest BCUT2D eigenvalue weighted by Crippen LogP contribution is 2.24. The molecule has 2 aliphatic rings. The van der Waals surface area contributed by atoms with Crippen molar-refractivity contribution in [3.05, 3.63) is 11.1 Å². The molecule has 0 aliphatic carbocycles. The van der Waals surface area contributed by atoms with Crippen LogP contribution in [0.2, 0.25) is 0 Å². The van der Waals surface area contributed by atoms with Gasteiger partial charge in [0.2, 0.25) is 0 Å². The molecular formula is C16H25N3O2S. The number of amides is 1. The van der Waals surface area contributed by atoms with Gasteiger partial charge >= 0.3 is 0 Å². The number of nitrogens with one attached hydrogen (secondary N) is 1. The van der Waals surface area contributed by atoms with Crippen molar-refractivity contribution in [3.8, 4) is 0 Å². The number of hydrogen-bond donors (Lipinski definition) is 1. The number of nitrogens with zero attached hydrogens (tertiary/aromatic N) is 2. The summed E-state index contributed by atoms with van der Waals surface area (Å²) in [6.45, 7) is 8.47. The molecule has 2 aliphatic heterocycles. The van der Waals surface area contributed by atoms with Gasteiger partial charge in [0.15, 0.2) is 5.13 Å². The molecule has 22 heavy (non-hydrogen) atoms. The van der Waals surface area contributed by atoms with Crippen molar-refractivity contribution < 1.29 is 9.53 Å². The average molecular weight is 323 g/mol. The van der Waals surface area contributed by atoms with Crippen LogP contribution in [-0.2, 0) is 16.1 Å². The molecule has 1 N–H and O–H groups in total. The summed E-state index contributed by atoms with van der Waals surface area (Å²) < 4.78 is 5.40. The molecule has 2 fully saturated rings. The van der Waals surface area contributed by atoms with Crippen molar-refractivity contribution in [1.82, 2.24) is 9.88 Å². The monoisotopic (exact) mass is 323 g/mol. The van der Waals surface area contributed by atoms with Crippen molar-refractivity contribution in [3.63, 3.8) is 0 Å². The zero-order valence-corrected chi connectivity index (χ0v) is 14.2. The molecule has 122 valence electrons. The molecule has 0 aromatic carbocycles. The lowest BCUT2D eigenvalue weighted by Crippen LogP contribution is -2.38. The SMILES string of the molecule is C[C@@H]1C[C@@H](C)CN(Cc2csc(NC(=O)[C@@H]3CCCO3)n2)C1. The summed E-state index contributed by atoms with van der Waals surface area (Å²) in [7, 11) is 0. The van der Waals surface area contributed by atoms with Gasteiger partial charge in [-0.05, 0) is 31.1 Å². The quantitative estimate of drug-likeness (QED) is 0.926. The molecule has 2 saturated heterocycles. The fraction of sp³-hybridized carbons (Fsp3) is 0.750. The van der Waals surface area contributed by atoms with E-state index < -0.39 is 0 Å². The van der Waals surface area contributed by atoms with Crippen LogP contribution in [0.4, 0.5) is 5.13 Å². The molecule has 1 amide bonds. The van der Waals surface area contributed by atoms with E-state index in [0.29, 0.717) is 11.7 Å². The van der Waals surface area contributed by atoms with Crippen molar-refractivity contribution >= 4 is 22.4 Å². The standard InChI is InChI=1S/C16H25N3O2S/c1-11-6-12(2)8-19(7-11)9-13-10-22-16(17-13)18-15(20)14-4-3-5-21-14/h10-12,14H,3-9H2,1-2H3,(H,17,18,20)/t11-,12-,14+/m1/s1. The van der Waals surface area contributed by atoms with Crippen molar-refractivity contribution in [1.29, 1.82) is 0 Å². The number of aromatic nitrogens is 1. The summed E-state index contributed by atoms with van der Waals surface area (Å²) in [5.74, 6) is 1.45. The second-order valence-corrected chi connectivity index (χ2v) is 7.63. The van der Waals surface area contributed by atoms with E-state index >= 15 is 0 Å². The third-order valence-electron chi connectivity index (χ3n) is 4.33. The number of piperidine rings is 1. The summed E-state index contributed by atoms with van der Waals surface area (Å²) in [6.07, 6.45) is 2.80. The second-order valence-electron chi connectivity index (χ2n) is 6.78. The highest BCUT2D eigenvalue weighted by Gasteiger charge is 2.25. The van der Waals surface area contributed by atoms with Crippen LogP contribution in [0.25, 0.3) is 0 Å². The maximum absolute atomic E-state index is 12.0. The molecule has 3 heterocycles. The minimum absolute atomic E-state index is 0.0568. The normalized spacial score (nSPS) is 29.6. The first kappa shape index (κ1) is 15.9. The Morgan fingerprint density at radius 3 is 2.91 bits per heavy atom. The molecule has 0 unspecified atom stereocenters. The molecule has 1 aromatic rings. The Labute approximate surface area is 136 Å². The molecule has 0 spiro atoms. The van der Waals surface area contributed by atoms with E-state index in [1.807, 2.05) is 0 Å². The van der Waals surface area contributed by atoms with E-state index in [9.17, 15) is 4.79 Å². The van der Waals surface area contributed by atoms with Gasteiger partial charge in [-0.25, -0.2) is 4.98 Å². The van der Waals surface area contributed by atoms with Gasteiger partial charge in [-0.1, -0.05) is 13.8 Å². The zero-order chi connectivity index (χ0) is 15.5. The molecule has 3 rings (SSSR count). The summed E-state index contributed by atoms with van der Waals surface area (Å²) in [5, 5.41) is 5.62. The average Bonchev–Trinajstić information content (AvgIpc) is 3.09. The first-order chi connectivity index (χ1) is 10.6. The number of anilines is 1. The number of rotatable bonds is 4. The van der Waals surface area contributed by atoms with Crippen LogP contribution in [0.1, 0.15) is 38.8 Å². The lowest BCUT2D eigenvalue weighted by atomic mass is 9.92. The third-order valence-corrected chi connectivity index (χ3v) is 5.14. The summed E-state index contributed by atoms with van der Waals surface area (Å²) in [6, 6.07) is 0. The number of hydrogen-bond acceptors (Lipinski definition) is 5. The predicted octanol–water partition coefficient (Wildman–Crippen LogP) is 2.74. The first-order valence-electron chi connectivity index (χ1n) is 8.19. The van der Waals surface area contributed by atoms with Gasteiger partial charge in [-0.3, -0.25) is 15.0 Å². The number of ether oxygens (including phenoxy) is 1. The fourth-order valence-corrected chi connectivity index (χ4v) is 4.26. The van der Waals surface area contributed by atoms with Crippen LogP contribution in [0.15, 0.2) is 5.38 Å². The van der Waals surface area contributed by atoms with Gasteiger partial charge < -0.3 is 4.74 Å². The fourth-order valence-electron chi connectivity index (χ4n) is 3.56. The number of carbonyl (C=O) groups is 1. The van der Waals surface area contributed by atoms with Gasteiger partial charge in [0.25, 0.3) is 5.91 Å². The highest BCUT2D eigenvalue weighted by atomic mass is 32.1. The first-order valence-corrected chi connectivity index (χ1v) is 9.07. The van der Waals surface area contributed by atoms with Gasteiger partial charge in [0.1, 0.15) is 6.10 Å². The molecule has 0 radical (unpaired) electrons. The summed E-state index contributed by atoms with van der Waals surface area (Å²) in [4.78, 5) is 19.0. The van der Waals surface area contributed by atoms with Crippen LogP contribution >= 0.6 is 11.3 Å². The van der Waals surface area contributed by atoms with Gasteiger partial charge in [-0.2, -0.15) is 0 Å². The minimum atomic E-state index is -0.295. The summed E-state index contributed by atoms with van der Waals surface area (Å²) in [5.41, 5.74) is 1.05. The topological polar surface area (TPSA) is 54.5 Å². The Bertz CT molecular complexity index is 503. The van der Waals surface area contributed by atoms with Crippen LogP contribution in [0.3, 0.4) is 0 Å². The van der Waals surface area contributed by atoms with Crippen LogP contribution in [0.5, 0.6) is 0 Å². The molecule has 0 saturated carbocycles. The van der Waals surface area contributed by atoms with Crippen LogP contribution < -0.4 is 5.32 Å². The van der Waals surface area contributed by atoms with Crippen LogP contribution in [-0.4, -0.2) is 41.6 Å². The van der Waals surface area contributed by atoms with E-state index in [1.165, 1.54) is 17.8 Å². The molecular weight excluding hydrogens is 298 g/mol. The molecule has 5 nitrogen and oxygen atoms in total. The van der Waals surface area contributed by atoms with E-state index in [2.05, 4.69) is 34.4 Å². The number of thiazole rings is 1. The Kier molecular flexibility index (Phi) is 5.10. The van der Waals surface area contributed by atoms with Gasteiger partial charge in [0, 0.05) is 31.6 Å². The lowest BCUT2D eigenvalue weighted by molar-refractivity contribution is -0.124. The van der Waals surface area contributed by atoms with E-state index in [4.69, 9.17) is 4.74 Å². The molecule has 3 atom stereocenters. The second kappa shape index (κ2) is 7.06. The summed E-state index contributed by atoms with van der Waals surface area (Å²) >= 11 is 1.50. The van der Waals surface area contributed by atoms with Gasteiger partial charge in [0.05, 0.1) is 5.69 Å². The Hall–Kier alpha value is -0.980. The maximum atomic E-state index is 12.0. The zero-order valence-electron chi connectivity index (χ0n) is 13.4. The van der Waals surface area contributed by atoms with E-state index in [1.54, 1.807) is 0 Å². The number of carbonyl (C=O) groups excluding carboxylic acids is 1. The smallest absolute Gasteiger partial charge is 0.255 e. The predicted molar refractivity (Wildman–Crippen MR) is 87.9 cm³/mol. The number of likely N-dealkylation sites (tertiary alicyclic amines) is 1. The largest absolute Gasteiger partial charge is 0.368 e. The Morgan fingerprint density at radius 2 is 2.23 bits per heavy atom. The molecule has 1 aromatic heterocycles. The minimum Gasteiger partial charge on any atom is -0.368 e. The third kappa shape index (κ3) is 4.06. The van der Waals surface area contributed by atoms with E-state index in [0.717, 1.165) is 50.0 Å².